The van der Waals surface area contributed by atoms with Crippen molar-refractivity contribution in [3.63, 3.8) is 0 Å². The molecule has 0 heterocycles. The summed E-state index contributed by atoms with van der Waals surface area (Å²) in [7, 11) is 3.01. The maximum absolute atomic E-state index is 14.0. The van der Waals surface area contributed by atoms with Crippen LogP contribution in [0.5, 0.6) is 11.5 Å². The third kappa shape index (κ3) is 4.57. The Kier molecular flexibility index (Phi) is 5.48. The zero-order valence-electron chi connectivity index (χ0n) is 12.2. The van der Waals surface area contributed by atoms with Gasteiger partial charge in [-0.15, -0.1) is 11.6 Å². The Morgan fingerprint density at radius 2 is 1.68 bits per heavy atom. The molecule has 0 saturated carbocycles. The van der Waals surface area contributed by atoms with Crippen molar-refractivity contribution in [2.45, 2.75) is 39.0 Å². The van der Waals surface area contributed by atoms with Crippen LogP contribution in [0.2, 0.25) is 0 Å². The van der Waals surface area contributed by atoms with Crippen LogP contribution in [-0.4, -0.2) is 14.2 Å². The first-order chi connectivity index (χ1) is 8.78. The lowest BCUT2D eigenvalue weighted by Crippen LogP contribution is -2.07. The van der Waals surface area contributed by atoms with E-state index in [9.17, 15) is 4.39 Å². The van der Waals surface area contributed by atoms with Crippen LogP contribution in [0.4, 0.5) is 4.39 Å². The monoisotopic (exact) mass is 288 g/mol. The van der Waals surface area contributed by atoms with E-state index in [1.54, 1.807) is 6.07 Å². The van der Waals surface area contributed by atoms with Crippen LogP contribution in [0.3, 0.4) is 0 Å². The fraction of sp³-hybridized carbons (Fsp3) is 0.600. The molecule has 1 unspecified atom stereocenters. The summed E-state index contributed by atoms with van der Waals surface area (Å²) in [6.45, 7) is 6.42. The molecule has 1 rings (SSSR count). The average molecular weight is 289 g/mol. The molecule has 0 aliphatic heterocycles. The van der Waals surface area contributed by atoms with Crippen molar-refractivity contribution in [3.8, 4) is 11.5 Å². The van der Waals surface area contributed by atoms with Gasteiger partial charge in [0, 0.05) is 11.6 Å². The van der Waals surface area contributed by atoms with Gasteiger partial charge in [-0.1, -0.05) is 20.8 Å². The highest BCUT2D eigenvalue weighted by atomic mass is 35.5. The predicted octanol–water partition coefficient (Wildman–Crippen LogP) is 4.95. The van der Waals surface area contributed by atoms with Gasteiger partial charge in [-0.05, 0) is 24.3 Å². The summed E-state index contributed by atoms with van der Waals surface area (Å²) < 4.78 is 24.2. The van der Waals surface area contributed by atoms with Gasteiger partial charge in [-0.3, -0.25) is 0 Å². The number of halogens is 2. The van der Waals surface area contributed by atoms with Crippen molar-refractivity contribution < 1.29 is 13.9 Å². The molecule has 0 aliphatic rings. The largest absolute Gasteiger partial charge is 0.493 e. The Balaban J connectivity index is 2.93. The molecule has 0 saturated heterocycles. The molecule has 4 heteroatoms. The molecular formula is C15H22ClFO2. The van der Waals surface area contributed by atoms with E-state index in [-0.39, 0.29) is 16.6 Å². The van der Waals surface area contributed by atoms with Gasteiger partial charge in [0.1, 0.15) is 5.82 Å². The van der Waals surface area contributed by atoms with Gasteiger partial charge in [-0.25, -0.2) is 4.39 Å². The summed E-state index contributed by atoms with van der Waals surface area (Å²) in [5, 5.41) is -0.362. The van der Waals surface area contributed by atoms with E-state index in [1.165, 1.54) is 20.3 Å². The molecule has 2 nitrogen and oxygen atoms in total. The van der Waals surface area contributed by atoms with E-state index in [4.69, 9.17) is 21.1 Å². The Morgan fingerprint density at radius 1 is 1.16 bits per heavy atom. The standard InChI is InChI=1S/C15H22ClFO2/c1-15(2,3)7-6-11(16)10-8-13(18-4)14(19-5)9-12(10)17/h8-9,11H,6-7H2,1-5H3. The lowest BCUT2D eigenvalue weighted by Gasteiger charge is -2.21. The molecule has 1 atom stereocenters. The number of hydrogen-bond acceptors (Lipinski definition) is 2. The quantitative estimate of drug-likeness (QED) is 0.714. The minimum absolute atomic E-state index is 0.181. The molecule has 0 spiro atoms. The molecule has 0 radical (unpaired) electrons. The first-order valence-corrected chi connectivity index (χ1v) is 6.77. The molecule has 0 amide bonds. The van der Waals surface area contributed by atoms with Gasteiger partial charge in [0.25, 0.3) is 0 Å². The van der Waals surface area contributed by atoms with E-state index in [2.05, 4.69) is 20.8 Å². The lowest BCUT2D eigenvalue weighted by atomic mass is 9.88. The third-order valence-electron chi connectivity index (χ3n) is 2.99. The van der Waals surface area contributed by atoms with E-state index in [0.29, 0.717) is 17.1 Å². The average Bonchev–Trinajstić information content (AvgIpc) is 2.34. The summed E-state index contributed by atoms with van der Waals surface area (Å²) in [4.78, 5) is 0. The molecule has 0 aromatic heterocycles. The van der Waals surface area contributed by atoms with Crippen LogP contribution in [0.25, 0.3) is 0 Å². The summed E-state index contributed by atoms with van der Waals surface area (Å²) in [5.74, 6) is 0.523. The van der Waals surface area contributed by atoms with Crippen LogP contribution in [0.15, 0.2) is 12.1 Å². The van der Waals surface area contributed by atoms with Crippen molar-refractivity contribution >= 4 is 11.6 Å². The minimum Gasteiger partial charge on any atom is -0.493 e. The highest BCUT2D eigenvalue weighted by Gasteiger charge is 2.20. The van der Waals surface area contributed by atoms with Gasteiger partial charge < -0.3 is 9.47 Å². The van der Waals surface area contributed by atoms with Crippen molar-refractivity contribution in [1.82, 2.24) is 0 Å². The number of ether oxygens (including phenoxy) is 2. The summed E-state index contributed by atoms with van der Waals surface area (Å²) in [5.41, 5.74) is 0.642. The topological polar surface area (TPSA) is 18.5 Å². The first-order valence-electron chi connectivity index (χ1n) is 6.34. The molecule has 0 bridgehead atoms. The number of hydrogen-bond donors (Lipinski definition) is 0. The molecule has 1 aromatic rings. The van der Waals surface area contributed by atoms with E-state index in [0.717, 1.165) is 12.8 Å². The zero-order valence-corrected chi connectivity index (χ0v) is 13.0. The van der Waals surface area contributed by atoms with Crippen LogP contribution in [0.1, 0.15) is 44.6 Å². The van der Waals surface area contributed by atoms with Crippen molar-refractivity contribution in [1.29, 1.82) is 0 Å². The lowest BCUT2D eigenvalue weighted by molar-refractivity contribution is 0.348. The van der Waals surface area contributed by atoms with Crippen molar-refractivity contribution in [2.75, 3.05) is 14.2 Å². The van der Waals surface area contributed by atoms with E-state index >= 15 is 0 Å². The maximum Gasteiger partial charge on any atom is 0.163 e. The number of methoxy groups -OCH3 is 2. The highest BCUT2D eigenvalue weighted by molar-refractivity contribution is 6.20. The van der Waals surface area contributed by atoms with E-state index < -0.39 is 0 Å². The minimum atomic E-state index is -0.362. The van der Waals surface area contributed by atoms with Crippen LogP contribution in [-0.2, 0) is 0 Å². The fourth-order valence-electron chi connectivity index (χ4n) is 1.83. The van der Waals surface area contributed by atoms with E-state index in [1.807, 2.05) is 0 Å². The molecule has 0 aliphatic carbocycles. The van der Waals surface area contributed by atoms with Crippen molar-refractivity contribution in [3.05, 3.63) is 23.5 Å². The highest BCUT2D eigenvalue weighted by Crippen LogP contribution is 2.38. The zero-order chi connectivity index (χ0) is 14.6. The third-order valence-corrected chi connectivity index (χ3v) is 3.44. The summed E-state index contributed by atoms with van der Waals surface area (Å²) in [6, 6.07) is 2.94. The van der Waals surface area contributed by atoms with Gasteiger partial charge in [0.2, 0.25) is 0 Å². The molecule has 0 fully saturated rings. The smallest absolute Gasteiger partial charge is 0.163 e. The second-order valence-electron chi connectivity index (χ2n) is 5.80. The molecule has 108 valence electrons. The van der Waals surface area contributed by atoms with Crippen LogP contribution in [0, 0.1) is 11.2 Å². The second kappa shape index (κ2) is 6.47. The summed E-state index contributed by atoms with van der Waals surface area (Å²) >= 11 is 6.31. The first kappa shape index (κ1) is 16.1. The normalized spacial score (nSPS) is 13.2. The van der Waals surface area contributed by atoms with Gasteiger partial charge in [0.05, 0.1) is 19.6 Å². The Bertz CT molecular complexity index is 427. The molecule has 0 N–H and O–H groups in total. The maximum atomic E-state index is 14.0. The SMILES string of the molecule is COc1cc(F)c(C(Cl)CCC(C)(C)C)cc1OC. The number of rotatable bonds is 5. The van der Waals surface area contributed by atoms with Gasteiger partial charge in [-0.2, -0.15) is 0 Å². The molecule has 19 heavy (non-hydrogen) atoms. The number of alkyl halides is 1. The van der Waals surface area contributed by atoms with Gasteiger partial charge in [0.15, 0.2) is 11.5 Å². The van der Waals surface area contributed by atoms with Crippen LogP contribution < -0.4 is 9.47 Å². The molecule has 1 aromatic carbocycles. The van der Waals surface area contributed by atoms with Crippen molar-refractivity contribution in [2.24, 2.45) is 5.41 Å². The Hall–Kier alpha value is -0.960. The van der Waals surface area contributed by atoms with Crippen LogP contribution >= 0.6 is 11.6 Å². The second-order valence-corrected chi connectivity index (χ2v) is 6.32. The fourth-order valence-corrected chi connectivity index (χ4v) is 2.10. The summed E-state index contributed by atoms with van der Waals surface area (Å²) in [6.07, 6.45) is 1.65. The number of benzene rings is 1. The molecular weight excluding hydrogens is 267 g/mol. The Morgan fingerprint density at radius 3 is 2.16 bits per heavy atom. The predicted molar refractivity (Wildman–Crippen MR) is 76.8 cm³/mol. The Labute approximate surface area is 119 Å². The van der Waals surface area contributed by atoms with Gasteiger partial charge >= 0.3 is 0 Å².